The number of allylic oxidation sites excluding steroid dienone is 2. The molecule has 0 aromatic carbocycles. The molecule has 0 fully saturated rings. The van der Waals surface area contributed by atoms with Gasteiger partial charge >= 0.3 is 0 Å². The SMILES string of the molecule is N#C/C=C1/NCCC2=C1CCCC2. The minimum absolute atomic E-state index is 1.01. The van der Waals surface area contributed by atoms with Crippen molar-refractivity contribution >= 4 is 0 Å². The van der Waals surface area contributed by atoms with Gasteiger partial charge in [-0.1, -0.05) is 5.57 Å². The topological polar surface area (TPSA) is 35.8 Å². The molecule has 1 aliphatic carbocycles. The average Bonchev–Trinajstić information content (AvgIpc) is 2.19. The number of rotatable bonds is 0. The molecule has 1 aliphatic heterocycles. The van der Waals surface area contributed by atoms with Crippen molar-refractivity contribution in [3.8, 4) is 6.07 Å². The van der Waals surface area contributed by atoms with Crippen LogP contribution in [0.15, 0.2) is 22.9 Å². The highest BCUT2D eigenvalue weighted by atomic mass is 14.9. The molecule has 0 aromatic heterocycles. The van der Waals surface area contributed by atoms with Crippen LogP contribution in [0.25, 0.3) is 0 Å². The molecule has 1 heterocycles. The average molecular weight is 174 g/mol. The van der Waals surface area contributed by atoms with E-state index < -0.39 is 0 Å². The van der Waals surface area contributed by atoms with Gasteiger partial charge in [-0.05, 0) is 37.7 Å². The number of hydrogen-bond acceptors (Lipinski definition) is 2. The van der Waals surface area contributed by atoms with Gasteiger partial charge in [-0.15, -0.1) is 0 Å². The lowest BCUT2D eigenvalue weighted by Crippen LogP contribution is -2.24. The first-order valence-corrected chi connectivity index (χ1v) is 4.97. The maximum Gasteiger partial charge on any atom is 0.0933 e. The van der Waals surface area contributed by atoms with E-state index in [0.717, 1.165) is 18.7 Å². The zero-order valence-corrected chi connectivity index (χ0v) is 7.77. The van der Waals surface area contributed by atoms with Gasteiger partial charge < -0.3 is 5.32 Å². The van der Waals surface area contributed by atoms with Crippen LogP contribution >= 0.6 is 0 Å². The van der Waals surface area contributed by atoms with Crippen LogP contribution in [0, 0.1) is 11.3 Å². The monoisotopic (exact) mass is 174 g/mol. The predicted molar refractivity (Wildman–Crippen MR) is 51.8 cm³/mol. The molecule has 2 rings (SSSR count). The molecule has 13 heavy (non-hydrogen) atoms. The smallest absolute Gasteiger partial charge is 0.0933 e. The summed E-state index contributed by atoms with van der Waals surface area (Å²) in [5.41, 5.74) is 4.11. The molecular formula is C11H14N2. The van der Waals surface area contributed by atoms with Crippen LogP contribution in [-0.4, -0.2) is 6.54 Å². The molecule has 68 valence electrons. The van der Waals surface area contributed by atoms with Crippen LogP contribution < -0.4 is 5.32 Å². The Morgan fingerprint density at radius 3 is 2.92 bits per heavy atom. The van der Waals surface area contributed by atoms with Crippen LogP contribution in [0.4, 0.5) is 0 Å². The third-order valence-electron chi connectivity index (χ3n) is 2.86. The Balaban J connectivity index is 2.31. The number of nitrogens with zero attached hydrogens (tertiary/aromatic N) is 1. The van der Waals surface area contributed by atoms with Gasteiger partial charge in [0.2, 0.25) is 0 Å². The molecule has 0 radical (unpaired) electrons. The summed E-state index contributed by atoms with van der Waals surface area (Å²) in [6, 6.07) is 2.11. The lowest BCUT2D eigenvalue weighted by Gasteiger charge is -2.27. The normalized spacial score (nSPS) is 25.0. The summed E-state index contributed by atoms with van der Waals surface area (Å²) in [6.07, 6.45) is 7.86. The molecule has 2 heteroatoms. The Hall–Kier alpha value is -1.23. The summed E-state index contributed by atoms with van der Waals surface area (Å²) in [6.45, 7) is 1.01. The summed E-state index contributed by atoms with van der Waals surface area (Å²) in [5, 5.41) is 11.9. The van der Waals surface area contributed by atoms with Crippen molar-refractivity contribution in [3.05, 3.63) is 22.9 Å². The molecular weight excluding hydrogens is 160 g/mol. The summed E-state index contributed by atoms with van der Waals surface area (Å²) < 4.78 is 0. The van der Waals surface area contributed by atoms with E-state index in [2.05, 4.69) is 11.4 Å². The van der Waals surface area contributed by atoms with Crippen molar-refractivity contribution in [1.82, 2.24) is 5.32 Å². The van der Waals surface area contributed by atoms with Crippen molar-refractivity contribution in [1.29, 1.82) is 5.26 Å². The molecule has 0 saturated carbocycles. The second-order valence-corrected chi connectivity index (χ2v) is 3.65. The summed E-state index contributed by atoms with van der Waals surface area (Å²) in [5.74, 6) is 0. The Morgan fingerprint density at radius 2 is 2.08 bits per heavy atom. The molecule has 0 spiro atoms. The van der Waals surface area contributed by atoms with E-state index in [4.69, 9.17) is 5.26 Å². The first kappa shape index (κ1) is 8.37. The van der Waals surface area contributed by atoms with Crippen LogP contribution in [-0.2, 0) is 0 Å². The lowest BCUT2D eigenvalue weighted by molar-refractivity contribution is 0.602. The van der Waals surface area contributed by atoms with Gasteiger partial charge in [-0.25, -0.2) is 0 Å². The zero-order valence-electron chi connectivity index (χ0n) is 7.77. The van der Waals surface area contributed by atoms with E-state index in [1.54, 1.807) is 11.6 Å². The van der Waals surface area contributed by atoms with Gasteiger partial charge in [-0.3, -0.25) is 0 Å². The van der Waals surface area contributed by atoms with Gasteiger partial charge in [-0.2, -0.15) is 5.26 Å². The lowest BCUT2D eigenvalue weighted by atomic mass is 9.86. The minimum Gasteiger partial charge on any atom is -0.384 e. The van der Waals surface area contributed by atoms with Crippen molar-refractivity contribution in [3.63, 3.8) is 0 Å². The highest BCUT2D eigenvalue weighted by molar-refractivity contribution is 5.40. The van der Waals surface area contributed by atoms with Gasteiger partial charge in [0.05, 0.1) is 6.07 Å². The fourth-order valence-corrected chi connectivity index (χ4v) is 2.23. The van der Waals surface area contributed by atoms with Crippen molar-refractivity contribution in [2.75, 3.05) is 6.54 Å². The molecule has 0 aromatic rings. The summed E-state index contributed by atoms with van der Waals surface area (Å²) in [4.78, 5) is 0. The number of nitriles is 1. The predicted octanol–water partition coefficient (Wildman–Crippen LogP) is 2.26. The molecule has 0 unspecified atom stereocenters. The maximum absolute atomic E-state index is 8.62. The molecule has 0 bridgehead atoms. The van der Waals surface area contributed by atoms with Crippen molar-refractivity contribution < 1.29 is 0 Å². The fraction of sp³-hybridized carbons (Fsp3) is 0.545. The van der Waals surface area contributed by atoms with Gasteiger partial charge in [0.1, 0.15) is 0 Å². The molecule has 1 N–H and O–H groups in total. The summed E-state index contributed by atoms with van der Waals surface area (Å²) in [7, 11) is 0. The van der Waals surface area contributed by atoms with Gasteiger partial charge in [0.25, 0.3) is 0 Å². The van der Waals surface area contributed by atoms with Crippen LogP contribution in [0.5, 0.6) is 0 Å². The van der Waals surface area contributed by atoms with E-state index in [1.165, 1.54) is 31.3 Å². The largest absolute Gasteiger partial charge is 0.384 e. The minimum atomic E-state index is 1.01. The second kappa shape index (κ2) is 3.66. The van der Waals surface area contributed by atoms with E-state index in [-0.39, 0.29) is 0 Å². The Kier molecular flexibility index (Phi) is 2.35. The Labute approximate surface area is 78.9 Å². The zero-order chi connectivity index (χ0) is 9.10. The first-order valence-electron chi connectivity index (χ1n) is 4.97. The van der Waals surface area contributed by atoms with Gasteiger partial charge in [0, 0.05) is 18.3 Å². The highest BCUT2D eigenvalue weighted by Crippen LogP contribution is 2.32. The van der Waals surface area contributed by atoms with E-state index in [9.17, 15) is 0 Å². The van der Waals surface area contributed by atoms with Crippen LogP contribution in [0.3, 0.4) is 0 Å². The number of hydrogen-bond donors (Lipinski definition) is 1. The second-order valence-electron chi connectivity index (χ2n) is 3.65. The quantitative estimate of drug-likeness (QED) is 0.572. The third-order valence-corrected chi connectivity index (χ3v) is 2.86. The maximum atomic E-state index is 8.62. The highest BCUT2D eigenvalue weighted by Gasteiger charge is 2.19. The Bertz CT molecular complexity index is 301. The van der Waals surface area contributed by atoms with Crippen LogP contribution in [0.1, 0.15) is 32.1 Å². The molecule has 2 nitrogen and oxygen atoms in total. The van der Waals surface area contributed by atoms with Crippen LogP contribution in [0.2, 0.25) is 0 Å². The van der Waals surface area contributed by atoms with E-state index >= 15 is 0 Å². The van der Waals surface area contributed by atoms with Crippen molar-refractivity contribution in [2.45, 2.75) is 32.1 Å². The molecule has 2 aliphatic rings. The standard InChI is InChI=1S/C11H14N2/c12-7-5-11-10-4-2-1-3-9(10)6-8-13-11/h5,13H,1-4,6,8H2/b11-5+. The molecule has 0 saturated heterocycles. The first-order chi connectivity index (χ1) is 6.42. The summed E-state index contributed by atoms with van der Waals surface area (Å²) >= 11 is 0. The molecule has 0 amide bonds. The van der Waals surface area contributed by atoms with E-state index in [0.29, 0.717) is 0 Å². The van der Waals surface area contributed by atoms with Gasteiger partial charge in [0.15, 0.2) is 0 Å². The van der Waals surface area contributed by atoms with Crippen molar-refractivity contribution in [2.24, 2.45) is 0 Å². The molecule has 0 atom stereocenters. The number of nitrogens with one attached hydrogen (secondary N) is 1. The third kappa shape index (κ3) is 1.60. The van der Waals surface area contributed by atoms with E-state index in [1.807, 2.05) is 0 Å². The fourth-order valence-electron chi connectivity index (χ4n) is 2.23. The Morgan fingerprint density at radius 1 is 1.23 bits per heavy atom.